The van der Waals surface area contributed by atoms with Crippen LogP contribution in [0.5, 0.6) is 0 Å². The zero-order valence-corrected chi connectivity index (χ0v) is 11.5. The number of halogens is 1. The molecule has 1 aromatic carbocycles. The van der Waals surface area contributed by atoms with Crippen LogP contribution in [-0.2, 0) is 18.3 Å². The summed E-state index contributed by atoms with van der Waals surface area (Å²) in [5.74, 6) is -0.130. The van der Waals surface area contributed by atoms with Crippen LogP contribution < -0.4 is 5.32 Å². The molecule has 1 amide bonds. The molecule has 1 aliphatic rings. The summed E-state index contributed by atoms with van der Waals surface area (Å²) in [6.45, 7) is 3.18. The number of fused-ring (bicyclic) bond motifs is 1. The first-order chi connectivity index (χ1) is 9.66. The molecule has 1 aliphatic heterocycles. The summed E-state index contributed by atoms with van der Waals surface area (Å²) < 4.78 is 15.6. The Balaban J connectivity index is 1.87. The van der Waals surface area contributed by atoms with Crippen molar-refractivity contribution in [1.29, 1.82) is 0 Å². The van der Waals surface area contributed by atoms with E-state index in [1.54, 1.807) is 10.6 Å². The molecular weight excluding hydrogens is 257 g/mol. The molecule has 4 nitrogen and oxygen atoms in total. The number of carbonyl (C=O) groups excluding carboxylic acids is 1. The molecule has 106 valence electrons. The van der Waals surface area contributed by atoms with E-state index < -0.39 is 0 Å². The van der Waals surface area contributed by atoms with Gasteiger partial charge in [-0.25, -0.2) is 4.39 Å². The van der Waals surface area contributed by atoms with Crippen LogP contribution in [0.15, 0.2) is 24.4 Å². The maximum atomic E-state index is 13.8. The average Bonchev–Trinajstić information content (AvgIpc) is 2.77. The number of piperazine rings is 1. The number of nitrogens with one attached hydrogen (secondary N) is 1. The van der Waals surface area contributed by atoms with Crippen molar-refractivity contribution < 1.29 is 9.18 Å². The van der Waals surface area contributed by atoms with Crippen molar-refractivity contribution in [3.8, 4) is 0 Å². The Morgan fingerprint density at radius 1 is 1.35 bits per heavy atom. The molecule has 2 aromatic rings. The van der Waals surface area contributed by atoms with Crippen LogP contribution in [0.4, 0.5) is 4.39 Å². The van der Waals surface area contributed by atoms with E-state index in [-0.39, 0.29) is 11.7 Å². The lowest BCUT2D eigenvalue weighted by Gasteiger charge is -2.27. The third kappa shape index (κ3) is 2.29. The lowest BCUT2D eigenvalue weighted by molar-refractivity contribution is -0.131. The van der Waals surface area contributed by atoms with Gasteiger partial charge in [-0.3, -0.25) is 4.79 Å². The molecule has 20 heavy (non-hydrogen) atoms. The number of nitrogens with zero attached hydrogens (tertiary/aromatic N) is 2. The molecular formula is C15H18FN3O. The Hall–Kier alpha value is -1.88. The zero-order chi connectivity index (χ0) is 14.1. The molecule has 0 atom stereocenters. The molecule has 1 N–H and O–H groups in total. The van der Waals surface area contributed by atoms with Gasteiger partial charge in [0.25, 0.3) is 0 Å². The Bertz CT molecular complexity index is 644. The molecule has 0 saturated carbocycles. The predicted molar refractivity (Wildman–Crippen MR) is 76.0 cm³/mol. The van der Waals surface area contributed by atoms with Crippen LogP contribution in [0, 0.1) is 5.82 Å². The van der Waals surface area contributed by atoms with Gasteiger partial charge in [-0.05, 0) is 11.6 Å². The third-order valence-electron chi connectivity index (χ3n) is 3.85. The van der Waals surface area contributed by atoms with Gasteiger partial charge in [0, 0.05) is 44.8 Å². The third-order valence-corrected chi connectivity index (χ3v) is 3.85. The second-order valence-electron chi connectivity index (χ2n) is 5.21. The Kier molecular flexibility index (Phi) is 3.44. The molecule has 0 spiro atoms. The first-order valence-corrected chi connectivity index (χ1v) is 6.88. The predicted octanol–water partition coefficient (Wildman–Crippen LogP) is 1.29. The van der Waals surface area contributed by atoms with Crippen molar-refractivity contribution in [2.75, 3.05) is 26.2 Å². The minimum Gasteiger partial charge on any atom is -0.348 e. The maximum absolute atomic E-state index is 13.8. The number of benzene rings is 1. The molecule has 0 aliphatic carbocycles. The number of carbonyl (C=O) groups is 1. The number of rotatable bonds is 2. The normalized spacial score (nSPS) is 15.8. The van der Waals surface area contributed by atoms with Gasteiger partial charge in [-0.1, -0.05) is 12.1 Å². The first kappa shape index (κ1) is 13.1. The fraction of sp³-hybridized carbons (Fsp3) is 0.400. The van der Waals surface area contributed by atoms with Gasteiger partial charge in [-0.15, -0.1) is 0 Å². The summed E-state index contributed by atoms with van der Waals surface area (Å²) in [5, 5.41) is 4.06. The van der Waals surface area contributed by atoms with E-state index in [4.69, 9.17) is 0 Å². The number of hydrogen-bond acceptors (Lipinski definition) is 2. The molecule has 0 bridgehead atoms. The van der Waals surface area contributed by atoms with Gasteiger partial charge in [0.05, 0.1) is 11.9 Å². The molecule has 2 heterocycles. The Morgan fingerprint density at radius 2 is 2.10 bits per heavy atom. The van der Waals surface area contributed by atoms with Crippen LogP contribution >= 0.6 is 0 Å². The van der Waals surface area contributed by atoms with E-state index in [2.05, 4.69) is 5.32 Å². The first-order valence-electron chi connectivity index (χ1n) is 6.88. The minimum absolute atomic E-state index is 0.114. The van der Waals surface area contributed by atoms with Crippen molar-refractivity contribution in [1.82, 2.24) is 14.8 Å². The monoisotopic (exact) mass is 275 g/mol. The van der Waals surface area contributed by atoms with Gasteiger partial charge in [0.15, 0.2) is 0 Å². The molecule has 0 radical (unpaired) electrons. The second-order valence-corrected chi connectivity index (χ2v) is 5.21. The van der Waals surface area contributed by atoms with Gasteiger partial charge >= 0.3 is 0 Å². The fourth-order valence-corrected chi connectivity index (χ4v) is 2.83. The summed E-state index contributed by atoms with van der Waals surface area (Å²) in [6.07, 6.45) is 2.19. The van der Waals surface area contributed by atoms with Gasteiger partial charge in [0.1, 0.15) is 5.82 Å². The van der Waals surface area contributed by atoms with E-state index in [1.807, 2.05) is 24.2 Å². The summed E-state index contributed by atoms with van der Waals surface area (Å²) in [4.78, 5) is 14.2. The maximum Gasteiger partial charge on any atom is 0.227 e. The second kappa shape index (κ2) is 5.25. The van der Waals surface area contributed by atoms with Crippen LogP contribution in [0.25, 0.3) is 10.9 Å². The Labute approximate surface area is 117 Å². The number of hydrogen-bond donors (Lipinski definition) is 1. The van der Waals surface area contributed by atoms with Crippen LogP contribution in [-0.4, -0.2) is 41.6 Å². The van der Waals surface area contributed by atoms with Crippen molar-refractivity contribution in [3.63, 3.8) is 0 Å². The van der Waals surface area contributed by atoms with Crippen molar-refractivity contribution in [2.45, 2.75) is 6.42 Å². The van der Waals surface area contributed by atoms with Gasteiger partial charge in [-0.2, -0.15) is 0 Å². The quantitative estimate of drug-likeness (QED) is 0.897. The zero-order valence-electron chi connectivity index (χ0n) is 11.5. The van der Waals surface area contributed by atoms with Crippen LogP contribution in [0.2, 0.25) is 0 Å². The van der Waals surface area contributed by atoms with Crippen LogP contribution in [0.1, 0.15) is 5.56 Å². The summed E-state index contributed by atoms with van der Waals surface area (Å²) in [7, 11) is 1.81. The lowest BCUT2D eigenvalue weighted by atomic mass is 10.1. The van der Waals surface area contributed by atoms with Crippen molar-refractivity contribution in [3.05, 3.63) is 35.8 Å². The van der Waals surface area contributed by atoms with Crippen LogP contribution in [0.3, 0.4) is 0 Å². The topological polar surface area (TPSA) is 37.3 Å². The molecule has 1 saturated heterocycles. The van der Waals surface area contributed by atoms with E-state index in [0.717, 1.165) is 37.1 Å². The highest BCUT2D eigenvalue weighted by Gasteiger charge is 2.19. The summed E-state index contributed by atoms with van der Waals surface area (Å²) in [6, 6.07) is 5.01. The molecule has 1 aromatic heterocycles. The molecule has 0 unspecified atom stereocenters. The van der Waals surface area contributed by atoms with Gasteiger partial charge in [0.2, 0.25) is 5.91 Å². The standard InChI is InChI=1S/C15H18FN3O/c1-18-10-11(12-3-2-4-13(16)15(12)18)9-14(20)19-7-5-17-6-8-19/h2-4,10,17H,5-9H2,1H3. The lowest BCUT2D eigenvalue weighted by Crippen LogP contribution is -2.46. The number of para-hydroxylation sites is 1. The molecule has 1 fully saturated rings. The summed E-state index contributed by atoms with van der Waals surface area (Å²) >= 11 is 0. The van der Waals surface area contributed by atoms with Crippen molar-refractivity contribution in [2.24, 2.45) is 7.05 Å². The Morgan fingerprint density at radius 3 is 2.85 bits per heavy atom. The fourth-order valence-electron chi connectivity index (χ4n) is 2.83. The van der Waals surface area contributed by atoms with E-state index in [0.29, 0.717) is 11.9 Å². The molecule has 3 rings (SSSR count). The number of aromatic nitrogens is 1. The highest BCUT2D eigenvalue weighted by Crippen LogP contribution is 2.24. The summed E-state index contributed by atoms with van der Waals surface area (Å²) in [5.41, 5.74) is 1.46. The number of amides is 1. The molecule has 5 heteroatoms. The van der Waals surface area contributed by atoms with E-state index in [1.165, 1.54) is 6.07 Å². The van der Waals surface area contributed by atoms with E-state index >= 15 is 0 Å². The minimum atomic E-state index is -0.245. The largest absolute Gasteiger partial charge is 0.348 e. The smallest absolute Gasteiger partial charge is 0.227 e. The highest BCUT2D eigenvalue weighted by atomic mass is 19.1. The van der Waals surface area contributed by atoms with E-state index in [9.17, 15) is 9.18 Å². The number of aryl methyl sites for hydroxylation is 1. The van der Waals surface area contributed by atoms with Gasteiger partial charge < -0.3 is 14.8 Å². The SMILES string of the molecule is Cn1cc(CC(=O)N2CCNCC2)c2cccc(F)c21. The average molecular weight is 275 g/mol. The highest BCUT2D eigenvalue weighted by molar-refractivity contribution is 5.89. The van der Waals surface area contributed by atoms with Crippen molar-refractivity contribution >= 4 is 16.8 Å².